The number of nitrogens with one attached hydrogen (secondary N) is 1. The second-order valence-corrected chi connectivity index (χ2v) is 5.92. The van der Waals surface area contributed by atoms with Crippen molar-refractivity contribution < 1.29 is 22.7 Å². The zero-order chi connectivity index (χ0) is 18.0. The maximum Gasteiger partial charge on any atom is 0.416 e. The van der Waals surface area contributed by atoms with Gasteiger partial charge in [-0.1, -0.05) is 24.3 Å². The number of alkyl halides is 3. The molecule has 1 aromatic carbocycles. The molecule has 2 atom stereocenters. The number of amides is 1. The SMILES string of the molecule is COc1ncccc1CNC(=O)[C@@H]1C[C@H]1c1ccccc1C(F)(F)F. The van der Waals surface area contributed by atoms with E-state index in [9.17, 15) is 18.0 Å². The van der Waals surface area contributed by atoms with Crippen LogP contribution in [0.1, 0.15) is 29.0 Å². The lowest BCUT2D eigenvalue weighted by Gasteiger charge is -2.12. The molecule has 0 saturated heterocycles. The van der Waals surface area contributed by atoms with Crippen LogP contribution >= 0.6 is 0 Å². The standard InChI is InChI=1S/C18H17F3N2O2/c1-25-17-11(5-4-8-22-17)10-23-16(24)14-9-13(14)12-6-2-3-7-15(12)18(19,20)21/h2-8,13-14H,9-10H2,1H3,(H,23,24)/t13-,14+/m0/s1. The average molecular weight is 350 g/mol. The molecule has 1 heterocycles. The molecule has 0 radical (unpaired) electrons. The highest BCUT2D eigenvalue weighted by Gasteiger charge is 2.47. The van der Waals surface area contributed by atoms with E-state index in [-0.39, 0.29) is 18.0 Å². The van der Waals surface area contributed by atoms with E-state index in [0.29, 0.717) is 17.9 Å². The Labute approximate surface area is 143 Å². The fourth-order valence-electron chi connectivity index (χ4n) is 2.96. The number of ether oxygens (including phenoxy) is 1. The first kappa shape index (κ1) is 17.3. The van der Waals surface area contributed by atoms with Crippen molar-refractivity contribution in [3.63, 3.8) is 0 Å². The number of rotatable bonds is 5. The Morgan fingerprint density at radius 1 is 1.28 bits per heavy atom. The summed E-state index contributed by atoms with van der Waals surface area (Å²) in [6, 6.07) is 8.93. The minimum atomic E-state index is -4.41. The summed E-state index contributed by atoms with van der Waals surface area (Å²) in [6.07, 6.45) is -2.42. The first-order chi connectivity index (χ1) is 11.9. The Bertz CT molecular complexity index is 777. The molecule has 0 bridgehead atoms. The van der Waals surface area contributed by atoms with E-state index >= 15 is 0 Å². The minimum absolute atomic E-state index is 0.189. The van der Waals surface area contributed by atoms with E-state index in [1.807, 2.05) is 0 Å². The van der Waals surface area contributed by atoms with Gasteiger partial charge in [0.15, 0.2) is 0 Å². The van der Waals surface area contributed by atoms with Gasteiger partial charge in [0.2, 0.25) is 11.8 Å². The van der Waals surface area contributed by atoms with Crippen LogP contribution in [-0.2, 0) is 17.5 Å². The number of carbonyl (C=O) groups is 1. The van der Waals surface area contributed by atoms with Crippen molar-refractivity contribution in [2.24, 2.45) is 5.92 Å². The van der Waals surface area contributed by atoms with E-state index in [4.69, 9.17) is 4.74 Å². The van der Waals surface area contributed by atoms with Crippen molar-refractivity contribution in [3.05, 3.63) is 59.3 Å². The van der Waals surface area contributed by atoms with E-state index in [1.54, 1.807) is 24.4 Å². The topological polar surface area (TPSA) is 51.2 Å². The van der Waals surface area contributed by atoms with E-state index in [1.165, 1.54) is 19.2 Å². The molecular formula is C18H17F3N2O2. The molecule has 0 aliphatic heterocycles. The number of benzene rings is 1. The predicted octanol–water partition coefficient (Wildman–Crippen LogP) is 3.53. The van der Waals surface area contributed by atoms with Gasteiger partial charge < -0.3 is 10.1 Å². The molecule has 4 nitrogen and oxygen atoms in total. The van der Waals surface area contributed by atoms with Gasteiger partial charge in [-0.05, 0) is 30.0 Å². The minimum Gasteiger partial charge on any atom is -0.481 e. The Balaban J connectivity index is 1.65. The third kappa shape index (κ3) is 3.75. The third-order valence-electron chi connectivity index (χ3n) is 4.29. The molecule has 1 aromatic heterocycles. The smallest absolute Gasteiger partial charge is 0.416 e. The monoisotopic (exact) mass is 350 g/mol. The second-order valence-electron chi connectivity index (χ2n) is 5.92. The van der Waals surface area contributed by atoms with Crippen LogP contribution in [0.5, 0.6) is 5.88 Å². The summed E-state index contributed by atoms with van der Waals surface area (Å²) in [5, 5.41) is 2.75. The number of carbonyl (C=O) groups excluding carboxylic acids is 1. The fourth-order valence-corrected chi connectivity index (χ4v) is 2.96. The molecule has 2 aromatic rings. The summed E-state index contributed by atoms with van der Waals surface area (Å²) in [5.41, 5.74) is 0.240. The van der Waals surface area contributed by atoms with Gasteiger partial charge in [0.1, 0.15) is 0 Å². The van der Waals surface area contributed by atoms with Crippen molar-refractivity contribution in [2.75, 3.05) is 7.11 Å². The highest BCUT2D eigenvalue weighted by Crippen LogP contribution is 2.51. The van der Waals surface area contributed by atoms with Crippen LogP contribution in [0.4, 0.5) is 13.2 Å². The van der Waals surface area contributed by atoms with Crippen LogP contribution in [0.25, 0.3) is 0 Å². The maximum absolute atomic E-state index is 13.1. The number of hydrogen-bond donors (Lipinski definition) is 1. The fraction of sp³-hybridized carbons (Fsp3) is 0.333. The zero-order valence-electron chi connectivity index (χ0n) is 13.5. The largest absolute Gasteiger partial charge is 0.481 e. The molecule has 1 amide bonds. The van der Waals surface area contributed by atoms with E-state index < -0.39 is 23.6 Å². The van der Waals surface area contributed by atoms with E-state index in [0.717, 1.165) is 6.07 Å². The Hall–Kier alpha value is -2.57. The normalized spacial score (nSPS) is 19.4. The summed E-state index contributed by atoms with van der Waals surface area (Å²) in [4.78, 5) is 16.3. The molecule has 25 heavy (non-hydrogen) atoms. The molecule has 3 rings (SSSR count). The Kier molecular flexibility index (Phi) is 4.65. The molecule has 0 unspecified atom stereocenters. The number of nitrogens with zero attached hydrogens (tertiary/aromatic N) is 1. The van der Waals surface area contributed by atoms with Gasteiger partial charge in [-0.3, -0.25) is 4.79 Å². The Morgan fingerprint density at radius 2 is 2.04 bits per heavy atom. The number of pyridine rings is 1. The number of halogens is 3. The van der Waals surface area contributed by atoms with Crippen LogP contribution in [0, 0.1) is 5.92 Å². The summed E-state index contributed by atoms with van der Waals surface area (Å²) >= 11 is 0. The van der Waals surface area contributed by atoms with Gasteiger partial charge in [0.25, 0.3) is 0 Å². The van der Waals surface area contributed by atoms with Crippen LogP contribution in [-0.4, -0.2) is 18.0 Å². The van der Waals surface area contributed by atoms with Crippen LogP contribution in [0.2, 0.25) is 0 Å². The molecule has 7 heteroatoms. The average Bonchev–Trinajstić information content (AvgIpc) is 3.40. The van der Waals surface area contributed by atoms with Crippen molar-refractivity contribution in [2.45, 2.75) is 25.1 Å². The van der Waals surface area contributed by atoms with Crippen molar-refractivity contribution in [1.82, 2.24) is 10.3 Å². The molecule has 0 spiro atoms. The summed E-state index contributed by atoms with van der Waals surface area (Å²) < 4.78 is 44.4. The van der Waals surface area contributed by atoms with E-state index in [2.05, 4.69) is 10.3 Å². The first-order valence-corrected chi connectivity index (χ1v) is 7.83. The van der Waals surface area contributed by atoms with Gasteiger partial charge in [-0.2, -0.15) is 13.2 Å². The molecular weight excluding hydrogens is 333 g/mol. The second kappa shape index (κ2) is 6.74. The molecule has 132 valence electrons. The van der Waals surface area contributed by atoms with Gasteiger partial charge in [-0.15, -0.1) is 0 Å². The quantitative estimate of drug-likeness (QED) is 0.898. The van der Waals surface area contributed by atoms with Gasteiger partial charge >= 0.3 is 6.18 Å². The molecule has 1 aliphatic rings. The molecule has 1 aliphatic carbocycles. The van der Waals surface area contributed by atoms with Gasteiger partial charge in [-0.25, -0.2) is 4.98 Å². The molecule has 1 fully saturated rings. The maximum atomic E-state index is 13.1. The van der Waals surface area contributed by atoms with Crippen molar-refractivity contribution in [1.29, 1.82) is 0 Å². The lowest BCUT2D eigenvalue weighted by atomic mass is 10.0. The van der Waals surface area contributed by atoms with Crippen LogP contribution < -0.4 is 10.1 Å². The molecule has 1 saturated carbocycles. The highest BCUT2D eigenvalue weighted by atomic mass is 19.4. The highest BCUT2D eigenvalue weighted by molar-refractivity contribution is 5.83. The first-order valence-electron chi connectivity index (χ1n) is 7.83. The number of aromatic nitrogens is 1. The predicted molar refractivity (Wildman–Crippen MR) is 84.9 cm³/mol. The molecule has 1 N–H and O–H groups in total. The number of hydrogen-bond acceptors (Lipinski definition) is 3. The van der Waals surface area contributed by atoms with Crippen LogP contribution in [0.3, 0.4) is 0 Å². The van der Waals surface area contributed by atoms with Crippen LogP contribution in [0.15, 0.2) is 42.6 Å². The summed E-state index contributed by atoms with van der Waals surface area (Å²) in [7, 11) is 1.48. The Morgan fingerprint density at radius 3 is 2.76 bits per heavy atom. The van der Waals surface area contributed by atoms with Gasteiger partial charge in [0.05, 0.1) is 12.7 Å². The summed E-state index contributed by atoms with van der Waals surface area (Å²) in [5.74, 6) is -0.676. The zero-order valence-corrected chi connectivity index (χ0v) is 13.5. The summed E-state index contributed by atoms with van der Waals surface area (Å²) in [6.45, 7) is 0.222. The van der Waals surface area contributed by atoms with Gasteiger partial charge in [0, 0.05) is 24.2 Å². The third-order valence-corrected chi connectivity index (χ3v) is 4.29. The van der Waals surface area contributed by atoms with Crippen molar-refractivity contribution >= 4 is 5.91 Å². The lowest BCUT2D eigenvalue weighted by molar-refractivity contribution is -0.138. The lowest BCUT2D eigenvalue weighted by Crippen LogP contribution is -2.25. The number of methoxy groups -OCH3 is 1. The van der Waals surface area contributed by atoms with Crippen molar-refractivity contribution in [3.8, 4) is 5.88 Å².